The molecule has 2 rings (SSSR count). The highest BCUT2D eigenvalue weighted by atomic mass is 16.5. The molecule has 2 N–H and O–H groups in total. The Morgan fingerprint density at radius 3 is 2.69 bits per heavy atom. The number of nitrogens with zero attached hydrogens (tertiary/aromatic N) is 1. The van der Waals surface area contributed by atoms with Gasteiger partial charge in [0.2, 0.25) is 0 Å². The molecule has 16 heavy (non-hydrogen) atoms. The molecule has 0 spiro atoms. The van der Waals surface area contributed by atoms with E-state index in [1.165, 1.54) is 0 Å². The third kappa shape index (κ3) is 1.70. The van der Waals surface area contributed by atoms with Gasteiger partial charge >= 0.3 is 0 Å². The smallest absolute Gasteiger partial charge is 0.143 e. The Balaban J connectivity index is 2.40. The third-order valence-corrected chi connectivity index (χ3v) is 3.53. The van der Waals surface area contributed by atoms with Gasteiger partial charge in [-0.1, -0.05) is 13.8 Å². The second-order valence-corrected chi connectivity index (χ2v) is 4.58. The van der Waals surface area contributed by atoms with E-state index >= 15 is 0 Å². The lowest BCUT2D eigenvalue weighted by Gasteiger charge is -2.42. The largest absolute Gasteiger partial charge is 0.483 e. The minimum atomic E-state index is -0.0438. The van der Waals surface area contributed by atoms with Crippen molar-refractivity contribution in [2.24, 2.45) is 0 Å². The van der Waals surface area contributed by atoms with Gasteiger partial charge < -0.3 is 15.4 Å². The minimum Gasteiger partial charge on any atom is -0.483 e. The fraction of sp³-hybridized carbons (Fsp3) is 0.538. The van der Waals surface area contributed by atoms with Gasteiger partial charge in [0.1, 0.15) is 11.4 Å². The van der Waals surface area contributed by atoms with E-state index < -0.39 is 0 Å². The van der Waals surface area contributed by atoms with Crippen LogP contribution in [0.15, 0.2) is 18.2 Å². The number of anilines is 2. The highest BCUT2D eigenvalue weighted by Crippen LogP contribution is 2.39. The third-order valence-electron chi connectivity index (χ3n) is 3.53. The lowest BCUT2D eigenvalue weighted by molar-refractivity contribution is 0.0591. The summed E-state index contributed by atoms with van der Waals surface area (Å²) in [4.78, 5) is 2.24. The van der Waals surface area contributed by atoms with Gasteiger partial charge in [0, 0.05) is 12.7 Å². The molecule has 0 aliphatic carbocycles. The van der Waals surface area contributed by atoms with E-state index in [9.17, 15) is 0 Å². The molecule has 0 radical (unpaired) electrons. The second-order valence-electron chi connectivity index (χ2n) is 4.58. The zero-order valence-corrected chi connectivity index (χ0v) is 10.3. The van der Waals surface area contributed by atoms with Crippen LogP contribution in [0.25, 0.3) is 0 Å². The maximum absolute atomic E-state index is 6.15. The molecule has 0 fully saturated rings. The van der Waals surface area contributed by atoms with Crippen LogP contribution in [-0.4, -0.2) is 19.2 Å². The molecule has 1 aromatic rings. The summed E-state index contributed by atoms with van der Waals surface area (Å²) in [7, 11) is 2.10. The zero-order chi connectivity index (χ0) is 11.8. The number of fused-ring (bicyclic) bond motifs is 1. The predicted molar refractivity (Wildman–Crippen MR) is 68.1 cm³/mol. The quantitative estimate of drug-likeness (QED) is 0.779. The Labute approximate surface area is 97.2 Å². The fourth-order valence-electron chi connectivity index (χ4n) is 2.32. The number of hydrogen-bond donors (Lipinski definition) is 1. The number of benzene rings is 1. The van der Waals surface area contributed by atoms with Gasteiger partial charge in [0.15, 0.2) is 0 Å². The van der Waals surface area contributed by atoms with Crippen molar-refractivity contribution in [3.63, 3.8) is 0 Å². The maximum atomic E-state index is 6.15. The molecule has 3 nitrogen and oxygen atoms in total. The highest BCUT2D eigenvalue weighted by Gasteiger charge is 2.35. The zero-order valence-electron chi connectivity index (χ0n) is 10.3. The van der Waals surface area contributed by atoms with E-state index in [1.807, 2.05) is 18.2 Å². The lowest BCUT2D eigenvalue weighted by atomic mass is 9.94. The molecule has 0 saturated heterocycles. The van der Waals surface area contributed by atoms with E-state index in [1.54, 1.807) is 0 Å². The molecule has 0 atom stereocenters. The minimum absolute atomic E-state index is 0.0438. The average molecular weight is 220 g/mol. The van der Waals surface area contributed by atoms with Gasteiger partial charge in [-0.3, -0.25) is 0 Å². The molecule has 0 unspecified atom stereocenters. The summed E-state index contributed by atoms with van der Waals surface area (Å²) in [6, 6.07) is 5.85. The van der Waals surface area contributed by atoms with Crippen molar-refractivity contribution in [2.45, 2.75) is 32.3 Å². The summed E-state index contributed by atoms with van der Waals surface area (Å²) in [6.07, 6.45) is 2.05. The first-order valence-corrected chi connectivity index (χ1v) is 5.90. The van der Waals surface area contributed by atoms with Crippen molar-refractivity contribution in [3.05, 3.63) is 18.2 Å². The van der Waals surface area contributed by atoms with E-state index in [0.29, 0.717) is 0 Å². The van der Waals surface area contributed by atoms with Crippen LogP contribution in [0, 0.1) is 0 Å². The van der Waals surface area contributed by atoms with Crippen LogP contribution in [-0.2, 0) is 0 Å². The molecular formula is C13H20N2O. The van der Waals surface area contributed by atoms with Gasteiger partial charge in [-0.25, -0.2) is 0 Å². The molecular weight excluding hydrogens is 200 g/mol. The number of rotatable bonds is 2. The van der Waals surface area contributed by atoms with Crippen LogP contribution in [0.1, 0.15) is 26.7 Å². The molecule has 0 amide bonds. The van der Waals surface area contributed by atoms with E-state index in [-0.39, 0.29) is 5.60 Å². The lowest BCUT2D eigenvalue weighted by Crippen LogP contribution is -2.49. The first-order valence-electron chi connectivity index (χ1n) is 5.90. The Hall–Kier alpha value is -1.38. The normalized spacial score (nSPS) is 17.8. The standard InChI is InChI=1S/C13H20N2O/c1-4-13(5-2)9-15(3)11-8-10(14)6-7-12(11)16-13/h6-8H,4-5,9,14H2,1-3H3. The van der Waals surface area contributed by atoms with E-state index in [4.69, 9.17) is 10.5 Å². The van der Waals surface area contributed by atoms with E-state index in [2.05, 4.69) is 25.8 Å². The molecule has 1 aromatic carbocycles. The molecule has 0 saturated carbocycles. The Morgan fingerprint density at radius 2 is 2.06 bits per heavy atom. The molecule has 0 bridgehead atoms. The van der Waals surface area contributed by atoms with Gasteiger partial charge in [0.05, 0.1) is 12.2 Å². The average Bonchev–Trinajstić information content (AvgIpc) is 2.30. The topological polar surface area (TPSA) is 38.5 Å². The first kappa shape index (κ1) is 11.1. The van der Waals surface area contributed by atoms with Crippen molar-refractivity contribution in [1.82, 2.24) is 0 Å². The summed E-state index contributed by atoms with van der Waals surface area (Å²) in [5, 5.41) is 0. The Kier molecular flexibility index (Phi) is 2.70. The van der Waals surface area contributed by atoms with Crippen LogP contribution in [0.5, 0.6) is 5.75 Å². The maximum Gasteiger partial charge on any atom is 0.143 e. The Morgan fingerprint density at radius 1 is 1.38 bits per heavy atom. The molecule has 1 aliphatic rings. The highest BCUT2D eigenvalue weighted by molar-refractivity contribution is 5.66. The van der Waals surface area contributed by atoms with Gasteiger partial charge in [-0.05, 0) is 31.0 Å². The van der Waals surface area contributed by atoms with Crippen LogP contribution < -0.4 is 15.4 Å². The number of ether oxygens (including phenoxy) is 1. The van der Waals surface area contributed by atoms with Gasteiger partial charge in [-0.15, -0.1) is 0 Å². The summed E-state index contributed by atoms with van der Waals surface area (Å²) >= 11 is 0. The SMILES string of the molecule is CCC1(CC)CN(C)c2cc(N)ccc2O1. The summed E-state index contributed by atoms with van der Waals surface area (Å²) < 4.78 is 6.15. The van der Waals surface area contributed by atoms with E-state index in [0.717, 1.165) is 36.5 Å². The number of hydrogen-bond acceptors (Lipinski definition) is 3. The summed E-state index contributed by atoms with van der Waals surface area (Å²) in [6.45, 7) is 5.29. The molecule has 1 aliphatic heterocycles. The van der Waals surface area contributed by atoms with Crippen molar-refractivity contribution >= 4 is 11.4 Å². The summed E-state index contributed by atoms with van der Waals surface area (Å²) in [5.74, 6) is 0.951. The van der Waals surface area contributed by atoms with Crippen LogP contribution in [0.2, 0.25) is 0 Å². The molecule has 88 valence electrons. The van der Waals surface area contributed by atoms with Gasteiger partial charge in [-0.2, -0.15) is 0 Å². The van der Waals surface area contributed by atoms with Crippen molar-refractivity contribution in [2.75, 3.05) is 24.2 Å². The molecule has 3 heteroatoms. The van der Waals surface area contributed by atoms with Crippen LogP contribution in [0.4, 0.5) is 11.4 Å². The number of nitrogen functional groups attached to an aromatic ring is 1. The van der Waals surface area contributed by atoms with Crippen molar-refractivity contribution in [1.29, 1.82) is 0 Å². The second kappa shape index (κ2) is 3.89. The van der Waals surface area contributed by atoms with Crippen molar-refractivity contribution in [3.8, 4) is 5.75 Å². The first-order chi connectivity index (χ1) is 7.60. The number of likely N-dealkylation sites (N-methyl/N-ethyl adjacent to an activating group) is 1. The van der Waals surface area contributed by atoms with Crippen LogP contribution in [0.3, 0.4) is 0 Å². The molecule has 0 aromatic heterocycles. The summed E-state index contributed by atoms with van der Waals surface area (Å²) in [5.41, 5.74) is 7.63. The van der Waals surface area contributed by atoms with Crippen molar-refractivity contribution < 1.29 is 4.74 Å². The van der Waals surface area contributed by atoms with Crippen LogP contribution >= 0.6 is 0 Å². The number of nitrogens with two attached hydrogens (primary N) is 1. The predicted octanol–water partition coefficient (Wildman–Crippen LogP) is 2.66. The Bertz CT molecular complexity index is 386. The fourth-order valence-corrected chi connectivity index (χ4v) is 2.32. The monoisotopic (exact) mass is 220 g/mol. The molecule has 1 heterocycles. The van der Waals surface area contributed by atoms with Gasteiger partial charge in [0.25, 0.3) is 0 Å².